The van der Waals surface area contributed by atoms with Crippen LogP contribution in [0.25, 0.3) is 0 Å². The molecule has 0 N–H and O–H groups in total. The van der Waals surface area contributed by atoms with Gasteiger partial charge in [-0.25, -0.2) is 4.79 Å². The molecule has 0 heterocycles. The maximum Gasteiger partial charge on any atom is 0.576 e. The molecule has 0 amide bonds. The van der Waals surface area contributed by atoms with Gasteiger partial charge in [0.05, 0.1) is 6.61 Å². The van der Waals surface area contributed by atoms with Crippen molar-refractivity contribution in [1.29, 1.82) is 0 Å². The standard InChI is InChI=1S/C12H22O3Si.C3H9O3Si/c1-5-10-16(4,15-7-3)11-8-9-14-12(13)6-2;1-4-7(5-2)6-3/h5-6,10H,2,7-9,11H2,1,3-4H3;1-3H3. The molecule has 135 valence electrons. The lowest BCUT2D eigenvalue weighted by Gasteiger charge is -2.22. The van der Waals surface area contributed by atoms with Crippen molar-refractivity contribution in [3.63, 3.8) is 0 Å². The molecule has 1 unspecified atom stereocenters. The third-order valence-electron chi connectivity index (χ3n) is 2.72. The highest BCUT2D eigenvalue weighted by atomic mass is 28.4. The second-order valence-corrected chi connectivity index (χ2v) is 10.1. The van der Waals surface area contributed by atoms with Crippen molar-refractivity contribution in [1.82, 2.24) is 0 Å². The molecule has 0 aromatic heterocycles. The van der Waals surface area contributed by atoms with Gasteiger partial charge in [-0.2, -0.15) is 0 Å². The number of ether oxygens (including phenoxy) is 1. The van der Waals surface area contributed by atoms with E-state index in [9.17, 15) is 4.79 Å². The molecular weight excluding hydrogens is 332 g/mol. The Labute approximate surface area is 143 Å². The van der Waals surface area contributed by atoms with Crippen LogP contribution >= 0.6 is 0 Å². The van der Waals surface area contributed by atoms with Gasteiger partial charge in [-0.15, -0.1) is 0 Å². The molecular formula is C15H31O6Si2. The number of rotatable bonds is 11. The zero-order chi connectivity index (χ0) is 18.1. The second-order valence-electron chi connectivity index (χ2n) is 4.58. The smallest absolute Gasteiger partial charge is 0.463 e. The minimum absolute atomic E-state index is 0.356. The van der Waals surface area contributed by atoms with Gasteiger partial charge in [0.1, 0.15) is 0 Å². The number of allylic oxidation sites excluding steroid dienone is 1. The molecule has 0 rings (SSSR count). The number of carbonyl (C=O) groups is 1. The van der Waals surface area contributed by atoms with Crippen LogP contribution in [0.3, 0.4) is 0 Å². The van der Waals surface area contributed by atoms with Crippen LogP contribution in [0.2, 0.25) is 12.6 Å². The van der Waals surface area contributed by atoms with Crippen molar-refractivity contribution in [2.24, 2.45) is 0 Å². The Balaban J connectivity index is 0. The molecule has 0 aromatic rings. The number of hydrogen-bond donors (Lipinski definition) is 0. The van der Waals surface area contributed by atoms with Gasteiger partial charge in [-0.05, 0) is 32.9 Å². The number of hydrogen-bond acceptors (Lipinski definition) is 6. The van der Waals surface area contributed by atoms with Crippen LogP contribution in [0, 0.1) is 0 Å². The zero-order valence-electron chi connectivity index (χ0n) is 15.2. The van der Waals surface area contributed by atoms with Gasteiger partial charge in [-0.3, -0.25) is 0 Å². The fourth-order valence-corrected chi connectivity index (χ4v) is 4.91. The van der Waals surface area contributed by atoms with Crippen LogP contribution in [0.4, 0.5) is 0 Å². The summed E-state index contributed by atoms with van der Waals surface area (Å²) in [6.07, 6.45) is 4.06. The van der Waals surface area contributed by atoms with E-state index < -0.39 is 17.8 Å². The number of carbonyl (C=O) groups excluding carboxylic acids is 1. The lowest BCUT2D eigenvalue weighted by Crippen LogP contribution is -2.32. The summed E-state index contributed by atoms with van der Waals surface area (Å²) in [7, 11) is 1.58. The van der Waals surface area contributed by atoms with Crippen molar-refractivity contribution in [3.05, 3.63) is 24.4 Å². The van der Waals surface area contributed by atoms with Gasteiger partial charge in [0.25, 0.3) is 0 Å². The third kappa shape index (κ3) is 14.5. The summed E-state index contributed by atoms with van der Waals surface area (Å²) in [6, 6.07) is 0.968. The summed E-state index contributed by atoms with van der Waals surface area (Å²) < 4.78 is 24.8. The van der Waals surface area contributed by atoms with Crippen molar-refractivity contribution >= 4 is 23.8 Å². The maximum absolute atomic E-state index is 10.8. The molecule has 8 heteroatoms. The first-order valence-electron chi connectivity index (χ1n) is 7.48. The monoisotopic (exact) mass is 363 g/mol. The highest BCUT2D eigenvalue weighted by molar-refractivity contribution is 6.77. The van der Waals surface area contributed by atoms with Crippen LogP contribution in [0.1, 0.15) is 20.3 Å². The Hall–Kier alpha value is -0.776. The van der Waals surface area contributed by atoms with Crippen LogP contribution in [0.5, 0.6) is 0 Å². The molecule has 23 heavy (non-hydrogen) atoms. The second kappa shape index (κ2) is 16.1. The fourth-order valence-electron chi connectivity index (χ4n) is 1.79. The highest BCUT2D eigenvalue weighted by Crippen LogP contribution is 2.16. The fraction of sp³-hybridized carbons (Fsp3) is 0.667. The maximum atomic E-state index is 10.8. The van der Waals surface area contributed by atoms with E-state index in [-0.39, 0.29) is 5.97 Å². The quantitative estimate of drug-likeness (QED) is 0.243. The van der Waals surface area contributed by atoms with E-state index in [1.54, 1.807) is 21.3 Å². The largest absolute Gasteiger partial charge is 0.576 e. The molecule has 0 saturated carbocycles. The van der Waals surface area contributed by atoms with Crippen molar-refractivity contribution in [2.45, 2.75) is 32.9 Å². The molecule has 0 bridgehead atoms. The molecule has 1 atom stereocenters. The molecule has 0 spiro atoms. The molecule has 0 saturated heterocycles. The van der Waals surface area contributed by atoms with Gasteiger partial charge in [-0.1, -0.05) is 18.4 Å². The lowest BCUT2D eigenvalue weighted by molar-refractivity contribution is -0.137. The predicted octanol–water partition coefficient (Wildman–Crippen LogP) is 2.74. The van der Waals surface area contributed by atoms with Crippen molar-refractivity contribution < 1.29 is 27.2 Å². The molecule has 0 aliphatic rings. The van der Waals surface area contributed by atoms with Gasteiger partial charge >= 0.3 is 15.5 Å². The average Bonchev–Trinajstić information content (AvgIpc) is 2.54. The molecule has 0 aromatic carbocycles. The molecule has 6 nitrogen and oxygen atoms in total. The van der Waals surface area contributed by atoms with Crippen LogP contribution < -0.4 is 0 Å². The normalized spacial score (nSPS) is 13.3. The summed E-state index contributed by atoms with van der Waals surface area (Å²) in [5.41, 5.74) is 2.17. The Kier molecular flexibility index (Phi) is 17.1. The molecule has 1 radical (unpaired) electrons. The van der Waals surface area contributed by atoms with Crippen LogP contribution in [0.15, 0.2) is 24.4 Å². The summed E-state index contributed by atoms with van der Waals surface area (Å²) >= 11 is 0. The van der Waals surface area contributed by atoms with E-state index in [0.29, 0.717) is 6.61 Å². The average molecular weight is 364 g/mol. The lowest BCUT2D eigenvalue weighted by atomic mass is 10.5. The first-order chi connectivity index (χ1) is 10.9. The first kappa shape index (κ1) is 24.5. The van der Waals surface area contributed by atoms with Gasteiger partial charge < -0.3 is 22.4 Å². The van der Waals surface area contributed by atoms with Gasteiger partial charge in [0.2, 0.25) is 8.32 Å². The Morgan fingerprint density at radius 3 is 2.13 bits per heavy atom. The van der Waals surface area contributed by atoms with E-state index in [0.717, 1.165) is 19.1 Å². The summed E-state index contributed by atoms with van der Waals surface area (Å²) in [5, 5.41) is 0. The minimum atomic E-state index is -1.73. The molecule has 0 aliphatic heterocycles. The summed E-state index contributed by atoms with van der Waals surface area (Å²) in [6.45, 7) is 10.7. The van der Waals surface area contributed by atoms with Gasteiger partial charge in [0.15, 0.2) is 0 Å². The van der Waals surface area contributed by atoms with E-state index >= 15 is 0 Å². The van der Waals surface area contributed by atoms with Crippen LogP contribution in [-0.2, 0) is 27.2 Å². The van der Waals surface area contributed by atoms with E-state index in [1.165, 1.54) is 6.08 Å². The zero-order valence-corrected chi connectivity index (χ0v) is 17.2. The first-order valence-corrected chi connectivity index (χ1v) is 11.4. The Bertz CT molecular complexity index is 328. The SMILES string of the molecule is C=CC(=O)OCCC[Si](C)(C=CC)OCC.CO[Si](OC)OC. The molecule has 0 aliphatic carbocycles. The summed E-state index contributed by atoms with van der Waals surface area (Å²) in [4.78, 5) is 10.8. The number of esters is 1. The van der Waals surface area contributed by atoms with Gasteiger partial charge in [0, 0.05) is 34.0 Å². The van der Waals surface area contributed by atoms with Crippen molar-refractivity contribution in [2.75, 3.05) is 34.5 Å². The van der Waals surface area contributed by atoms with E-state index in [4.69, 9.17) is 22.4 Å². The Morgan fingerprint density at radius 1 is 1.22 bits per heavy atom. The predicted molar refractivity (Wildman–Crippen MR) is 95.4 cm³/mol. The third-order valence-corrected chi connectivity index (χ3v) is 7.05. The topological polar surface area (TPSA) is 63.2 Å². The summed E-state index contributed by atoms with van der Waals surface area (Å²) in [5.74, 6) is -0.356. The van der Waals surface area contributed by atoms with E-state index in [1.807, 2.05) is 19.9 Å². The highest BCUT2D eigenvalue weighted by Gasteiger charge is 2.24. The molecule has 0 fully saturated rings. The van der Waals surface area contributed by atoms with Crippen LogP contribution in [-0.4, -0.2) is 58.4 Å². The minimum Gasteiger partial charge on any atom is -0.463 e. The van der Waals surface area contributed by atoms with Crippen molar-refractivity contribution in [3.8, 4) is 0 Å². The van der Waals surface area contributed by atoms with E-state index in [2.05, 4.69) is 18.8 Å². The Morgan fingerprint density at radius 2 is 1.78 bits per heavy atom.